The number of aromatic nitrogens is 2. The van der Waals surface area contributed by atoms with Crippen LogP contribution in [-0.2, 0) is 6.42 Å². The predicted molar refractivity (Wildman–Crippen MR) is 38.0 cm³/mol. The molecule has 0 aliphatic heterocycles. The summed E-state index contributed by atoms with van der Waals surface area (Å²) in [7, 11) is 1.64. The Morgan fingerprint density at radius 2 is 2.10 bits per heavy atom. The minimum absolute atomic E-state index is 0.817. The van der Waals surface area contributed by atoms with Crippen molar-refractivity contribution in [2.75, 3.05) is 7.11 Å². The van der Waals surface area contributed by atoms with E-state index in [0.29, 0.717) is 0 Å². The Hall–Kier alpha value is -1.12. The first-order valence-corrected chi connectivity index (χ1v) is 3.22. The number of aryl methyl sites for hydroxylation is 1. The highest BCUT2D eigenvalue weighted by Gasteiger charge is 1.97. The van der Waals surface area contributed by atoms with Gasteiger partial charge in [0.1, 0.15) is 5.75 Å². The predicted octanol–water partition coefficient (Wildman–Crippen LogP) is 1.05. The Balaban J connectivity index is 2.96. The third-order valence-electron chi connectivity index (χ3n) is 1.37. The average molecular weight is 138 g/mol. The molecule has 0 radical (unpaired) electrons. The average Bonchev–Trinajstić information content (AvgIpc) is 2.04. The van der Waals surface area contributed by atoms with Crippen LogP contribution < -0.4 is 4.74 Å². The minimum Gasteiger partial charge on any atom is -0.495 e. The van der Waals surface area contributed by atoms with Gasteiger partial charge >= 0.3 is 0 Å². The number of hydrogen-bond acceptors (Lipinski definition) is 3. The van der Waals surface area contributed by atoms with Crippen molar-refractivity contribution in [3.8, 4) is 5.75 Å². The fourth-order valence-corrected chi connectivity index (χ4v) is 0.785. The fourth-order valence-electron chi connectivity index (χ4n) is 0.785. The molecule has 3 heteroatoms. The van der Waals surface area contributed by atoms with Gasteiger partial charge in [0.2, 0.25) is 0 Å². The van der Waals surface area contributed by atoms with E-state index in [9.17, 15) is 0 Å². The first-order valence-electron chi connectivity index (χ1n) is 3.22. The summed E-state index contributed by atoms with van der Waals surface area (Å²) in [5, 5.41) is 7.42. The van der Waals surface area contributed by atoms with Crippen molar-refractivity contribution in [1.82, 2.24) is 10.2 Å². The molecule has 0 aliphatic carbocycles. The van der Waals surface area contributed by atoms with Gasteiger partial charge in [-0.25, -0.2) is 0 Å². The monoisotopic (exact) mass is 138 g/mol. The lowest BCUT2D eigenvalue weighted by atomic mass is 10.2. The third kappa shape index (κ3) is 1.23. The summed E-state index contributed by atoms with van der Waals surface area (Å²) in [6.45, 7) is 2.06. The van der Waals surface area contributed by atoms with E-state index in [1.165, 1.54) is 0 Å². The Morgan fingerprint density at radius 1 is 1.40 bits per heavy atom. The molecule has 10 heavy (non-hydrogen) atoms. The van der Waals surface area contributed by atoms with Gasteiger partial charge < -0.3 is 4.74 Å². The molecule has 0 bridgehead atoms. The minimum atomic E-state index is 0.817. The highest BCUT2D eigenvalue weighted by atomic mass is 16.5. The van der Waals surface area contributed by atoms with Crippen LogP contribution in [0.15, 0.2) is 12.4 Å². The van der Waals surface area contributed by atoms with Crippen molar-refractivity contribution in [1.29, 1.82) is 0 Å². The van der Waals surface area contributed by atoms with Crippen molar-refractivity contribution >= 4 is 0 Å². The highest BCUT2D eigenvalue weighted by molar-refractivity contribution is 5.26. The van der Waals surface area contributed by atoms with Gasteiger partial charge in [-0.05, 0) is 6.42 Å². The second kappa shape index (κ2) is 3.15. The molecule has 0 aromatic carbocycles. The Labute approximate surface area is 60.0 Å². The van der Waals surface area contributed by atoms with Crippen LogP contribution in [-0.4, -0.2) is 17.3 Å². The summed E-state index contributed by atoms with van der Waals surface area (Å²) in [4.78, 5) is 0. The van der Waals surface area contributed by atoms with Crippen molar-refractivity contribution in [3.63, 3.8) is 0 Å². The fraction of sp³-hybridized carbons (Fsp3) is 0.429. The van der Waals surface area contributed by atoms with Gasteiger partial charge in [-0.2, -0.15) is 10.2 Å². The van der Waals surface area contributed by atoms with Crippen molar-refractivity contribution < 1.29 is 4.74 Å². The Morgan fingerprint density at radius 3 is 2.60 bits per heavy atom. The van der Waals surface area contributed by atoms with E-state index in [1.54, 1.807) is 19.5 Å². The van der Waals surface area contributed by atoms with Gasteiger partial charge in [-0.15, -0.1) is 0 Å². The van der Waals surface area contributed by atoms with E-state index in [2.05, 4.69) is 17.1 Å². The van der Waals surface area contributed by atoms with E-state index in [-0.39, 0.29) is 0 Å². The summed E-state index contributed by atoms with van der Waals surface area (Å²) >= 11 is 0. The first kappa shape index (κ1) is 6.99. The molecule has 0 atom stereocenters. The number of ether oxygens (including phenoxy) is 1. The van der Waals surface area contributed by atoms with E-state index < -0.39 is 0 Å². The molecule has 0 aliphatic rings. The topological polar surface area (TPSA) is 35.0 Å². The summed E-state index contributed by atoms with van der Waals surface area (Å²) in [6, 6.07) is 0. The molecule has 54 valence electrons. The van der Waals surface area contributed by atoms with E-state index in [4.69, 9.17) is 4.74 Å². The quantitative estimate of drug-likeness (QED) is 0.612. The van der Waals surface area contributed by atoms with E-state index in [1.807, 2.05) is 0 Å². The number of hydrogen-bond donors (Lipinski definition) is 0. The summed E-state index contributed by atoms with van der Waals surface area (Å²) in [5.74, 6) is 0.817. The van der Waals surface area contributed by atoms with Crippen LogP contribution in [0.4, 0.5) is 0 Å². The Bertz CT molecular complexity index is 190. The van der Waals surface area contributed by atoms with Crippen molar-refractivity contribution in [2.24, 2.45) is 0 Å². The number of rotatable bonds is 2. The van der Waals surface area contributed by atoms with Gasteiger partial charge in [-0.3, -0.25) is 0 Å². The van der Waals surface area contributed by atoms with Gasteiger partial charge in [-0.1, -0.05) is 6.92 Å². The first-order chi connectivity index (χ1) is 4.88. The number of nitrogens with zero attached hydrogens (tertiary/aromatic N) is 2. The molecule has 0 amide bonds. The van der Waals surface area contributed by atoms with Crippen LogP contribution in [0.3, 0.4) is 0 Å². The zero-order valence-electron chi connectivity index (χ0n) is 6.16. The molecular formula is C7H10N2O. The van der Waals surface area contributed by atoms with E-state index >= 15 is 0 Å². The van der Waals surface area contributed by atoms with Crippen LogP contribution in [0.2, 0.25) is 0 Å². The maximum atomic E-state index is 5.03. The van der Waals surface area contributed by atoms with Crippen LogP contribution in [0.5, 0.6) is 5.75 Å². The van der Waals surface area contributed by atoms with Crippen LogP contribution in [0, 0.1) is 0 Å². The maximum absolute atomic E-state index is 5.03. The molecule has 0 unspecified atom stereocenters. The van der Waals surface area contributed by atoms with Gasteiger partial charge in [0, 0.05) is 5.56 Å². The molecule has 0 saturated carbocycles. The summed E-state index contributed by atoms with van der Waals surface area (Å²) in [6.07, 6.45) is 4.27. The lowest BCUT2D eigenvalue weighted by Crippen LogP contribution is -1.92. The SMILES string of the molecule is CCc1cnncc1OC. The van der Waals surface area contributed by atoms with Crippen molar-refractivity contribution in [2.45, 2.75) is 13.3 Å². The molecule has 0 N–H and O–H groups in total. The molecule has 1 aromatic heterocycles. The third-order valence-corrected chi connectivity index (χ3v) is 1.37. The summed E-state index contributed by atoms with van der Waals surface area (Å²) < 4.78 is 5.03. The standard InChI is InChI=1S/C7H10N2O/c1-3-6-4-8-9-5-7(6)10-2/h4-5H,3H2,1-2H3. The molecule has 0 spiro atoms. The van der Waals surface area contributed by atoms with Gasteiger partial charge in [0.25, 0.3) is 0 Å². The second-order valence-electron chi connectivity index (χ2n) is 1.94. The lowest BCUT2D eigenvalue weighted by Gasteiger charge is -2.02. The number of methoxy groups -OCH3 is 1. The van der Waals surface area contributed by atoms with Crippen molar-refractivity contribution in [3.05, 3.63) is 18.0 Å². The zero-order chi connectivity index (χ0) is 7.40. The molecule has 0 fully saturated rings. The van der Waals surface area contributed by atoms with E-state index in [0.717, 1.165) is 17.7 Å². The zero-order valence-corrected chi connectivity index (χ0v) is 6.16. The molecule has 1 heterocycles. The van der Waals surface area contributed by atoms with Gasteiger partial charge in [0.15, 0.2) is 0 Å². The second-order valence-corrected chi connectivity index (χ2v) is 1.94. The normalized spacial score (nSPS) is 9.40. The molecule has 1 aromatic rings. The largest absolute Gasteiger partial charge is 0.495 e. The Kier molecular flexibility index (Phi) is 2.20. The smallest absolute Gasteiger partial charge is 0.143 e. The highest BCUT2D eigenvalue weighted by Crippen LogP contribution is 2.13. The lowest BCUT2D eigenvalue weighted by molar-refractivity contribution is 0.406. The van der Waals surface area contributed by atoms with Crippen LogP contribution >= 0.6 is 0 Å². The summed E-state index contributed by atoms with van der Waals surface area (Å²) in [5.41, 5.74) is 1.09. The molecule has 0 saturated heterocycles. The van der Waals surface area contributed by atoms with Crippen LogP contribution in [0.25, 0.3) is 0 Å². The molecular weight excluding hydrogens is 128 g/mol. The molecule has 1 rings (SSSR count). The maximum Gasteiger partial charge on any atom is 0.143 e. The van der Waals surface area contributed by atoms with Gasteiger partial charge in [0.05, 0.1) is 19.5 Å². The van der Waals surface area contributed by atoms with Crippen LogP contribution in [0.1, 0.15) is 12.5 Å². The molecule has 3 nitrogen and oxygen atoms in total.